The summed E-state index contributed by atoms with van der Waals surface area (Å²) in [5, 5.41) is 8.59. The zero-order valence-electron chi connectivity index (χ0n) is 8.01. The molecule has 0 N–H and O–H groups in total. The molecule has 0 aliphatic carbocycles. The number of ether oxygens (including phenoxy) is 1. The molecule has 6 heteroatoms. The monoisotopic (exact) mass is 216 g/mol. The summed E-state index contributed by atoms with van der Waals surface area (Å²) in [6.45, 7) is 2.96. The third-order valence-corrected chi connectivity index (χ3v) is 1.93. The average Bonchev–Trinajstić information content (AvgIpc) is 2.11. The summed E-state index contributed by atoms with van der Waals surface area (Å²) in [4.78, 5) is 3.56. The molecule has 1 heterocycles. The lowest BCUT2D eigenvalue weighted by atomic mass is 10.1. The van der Waals surface area contributed by atoms with E-state index < -0.39 is 6.36 Å². The molecule has 0 saturated carbocycles. The van der Waals surface area contributed by atoms with Crippen LogP contribution in [-0.4, -0.2) is 11.3 Å². The van der Waals surface area contributed by atoms with Crippen LogP contribution in [0.5, 0.6) is 5.75 Å². The van der Waals surface area contributed by atoms with Crippen LogP contribution in [-0.2, 0) is 0 Å². The normalized spacial score (nSPS) is 10.9. The van der Waals surface area contributed by atoms with Crippen LogP contribution in [0.4, 0.5) is 13.2 Å². The predicted octanol–water partition coefficient (Wildman–Crippen LogP) is 2.47. The minimum Gasteiger partial charge on any atom is -0.404 e. The van der Waals surface area contributed by atoms with Gasteiger partial charge in [0.1, 0.15) is 11.8 Å². The highest BCUT2D eigenvalue weighted by Crippen LogP contribution is 2.27. The van der Waals surface area contributed by atoms with Crippen molar-refractivity contribution in [3.63, 3.8) is 0 Å². The van der Waals surface area contributed by atoms with Crippen LogP contribution in [0.15, 0.2) is 6.20 Å². The molecule has 1 rings (SSSR count). The molecule has 0 atom stereocenters. The van der Waals surface area contributed by atoms with E-state index in [2.05, 4.69) is 9.72 Å². The summed E-state index contributed by atoms with van der Waals surface area (Å²) in [5.41, 5.74) is 0.750. The molecule has 0 saturated heterocycles. The molecule has 0 radical (unpaired) electrons. The Morgan fingerprint density at radius 3 is 2.40 bits per heavy atom. The predicted molar refractivity (Wildman–Crippen MR) is 45.1 cm³/mol. The Labute approximate surface area is 84.1 Å². The molecule has 0 bridgehead atoms. The summed E-state index contributed by atoms with van der Waals surface area (Å²) in [5.74, 6) is -0.376. The van der Waals surface area contributed by atoms with Crippen LogP contribution in [0.3, 0.4) is 0 Å². The fourth-order valence-electron chi connectivity index (χ4n) is 1.02. The van der Waals surface area contributed by atoms with E-state index in [4.69, 9.17) is 5.26 Å². The van der Waals surface area contributed by atoms with E-state index in [9.17, 15) is 13.2 Å². The van der Waals surface area contributed by atoms with Gasteiger partial charge in [-0.05, 0) is 25.0 Å². The van der Waals surface area contributed by atoms with E-state index in [1.807, 2.05) is 0 Å². The Bertz CT molecular complexity index is 421. The van der Waals surface area contributed by atoms with Gasteiger partial charge in [-0.15, -0.1) is 13.2 Å². The van der Waals surface area contributed by atoms with E-state index in [-0.39, 0.29) is 17.0 Å². The first-order valence-electron chi connectivity index (χ1n) is 3.97. The number of nitrogens with zero attached hydrogens (tertiary/aromatic N) is 2. The maximum absolute atomic E-state index is 11.9. The van der Waals surface area contributed by atoms with Gasteiger partial charge >= 0.3 is 6.36 Å². The van der Waals surface area contributed by atoms with Crippen molar-refractivity contribution >= 4 is 0 Å². The number of rotatable bonds is 1. The van der Waals surface area contributed by atoms with Crippen LogP contribution in [0.2, 0.25) is 0 Å². The first-order valence-corrected chi connectivity index (χ1v) is 3.97. The van der Waals surface area contributed by atoms with Crippen molar-refractivity contribution in [2.75, 3.05) is 0 Å². The van der Waals surface area contributed by atoms with E-state index >= 15 is 0 Å². The lowest BCUT2D eigenvalue weighted by molar-refractivity contribution is -0.275. The Morgan fingerprint density at radius 1 is 1.33 bits per heavy atom. The molecule has 1 aromatic rings. The number of alkyl halides is 3. The Kier molecular flexibility index (Phi) is 2.84. The van der Waals surface area contributed by atoms with Crippen molar-refractivity contribution in [2.45, 2.75) is 20.2 Å². The van der Waals surface area contributed by atoms with Crippen LogP contribution < -0.4 is 4.74 Å². The summed E-state index contributed by atoms with van der Waals surface area (Å²) in [6, 6.07) is 1.78. The van der Waals surface area contributed by atoms with Gasteiger partial charge in [0.2, 0.25) is 0 Å². The molecular formula is C9H7F3N2O. The van der Waals surface area contributed by atoms with Gasteiger partial charge < -0.3 is 4.74 Å². The molecule has 0 fully saturated rings. The topological polar surface area (TPSA) is 45.9 Å². The maximum atomic E-state index is 11.9. The molecule has 80 valence electrons. The number of nitriles is 1. The molecule has 3 nitrogen and oxygen atoms in total. The van der Waals surface area contributed by atoms with Crippen molar-refractivity contribution in [3.8, 4) is 11.8 Å². The first-order chi connectivity index (χ1) is 6.85. The zero-order chi connectivity index (χ0) is 11.6. The fourth-order valence-corrected chi connectivity index (χ4v) is 1.02. The quantitative estimate of drug-likeness (QED) is 0.724. The molecule has 0 unspecified atom stereocenters. The van der Waals surface area contributed by atoms with Gasteiger partial charge in [0.15, 0.2) is 5.75 Å². The van der Waals surface area contributed by atoms with Crippen molar-refractivity contribution < 1.29 is 17.9 Å². The van der Waals surface area contributed by atoms with Gasteiger partial charge in [-0.1, -0.05) is 0 Å². The van der Waals surface area contributed by atoms with E-state index in [0.717, 1.165) is 6.20 Å². The molecule has 1 aromatic heterocycles. The van der Waals surface area contributed by atoms with Crippen molar-refractivity contribution in [1.29, 1.82) is 5.26 Å². The molecule has 0 aliphatic heterocycles. The van der Waals surface area contributed by atoms with Gasteiger partial charge in [-0.3, -0.25) is 0 Å². The number of hydrogen-bond acceptors (Lipinski definition) is 3. The highest BCUT2D eigenvalue weighted by Gasteiger charge is 2.32. The maximum Gasteiger partial charge on any atom is 0.573 e. The van der Waals surface area contributed by atoms with Crippen molar-refractivity contribution in [3.05, 3.63) is 23.0 Å². The molecular weight excluding hydrogens is 209 g/mol. The highest BCUT2D eigenvalue weighted by molar-refractivity contribution is 5.43. The minimum absolute atomic E-state index is 0.0991. The van der Waals surface area contributed by atoms with Crippen LogP contribution in [0, 0.1) is 25.2 Å². The smallest absolute Gasteiger partial charge is 0.404 e. The summed E-state index contributed by atoms with van der Waals surface area (Å²) < 4.78 is 39.5. The molecule has 15 heavy (non-hydrogen) atoms. The molecule has 0 amide bonds. The van der Waals surface area contributed by atoms with Crippen LogP contribution in [0.25, 0.3) is 0 Å². The summed E-state index contributed by atoms with van der Waals surface area (Å²) >= 11 is 0. The summed E-state index contributed by atoms with van der Waals surface area (Å²) in [6.07, 6.45) is -3.85. The van der Waals surface area contributed by atoms with Gasteiger partial charge in [0.25, 0.3) is 0 Å². The SMILES string of the molecule is Cc1c(OC(F)(F)F)cnc(C#N)c1C. The second kappa shape index (κ2) is 3.77. The highest BCUT2D eigenvalue weighted by atomic mass is 19.4. The number of hydrogen-bond donors (Lipinski definition) is 0. The van der Waals surface area contributed by atoms with Crippen molar-refractivity contribution in [1.82, 2.24) is 4.98 Å². The number of pyridine rings is 1. The molecule has 0 aliphatic rings. The minimum atomic E-state index is -4.74. The first kappa shape index (κ1) is 11.3. The van der Waals surface area contributed by atoms with E-state index in [1.165, 1.54) is 13.8 Å². The van der Waals surface area contributed by atoms with Gasteiger partial charge in [-0.2, -0.15) is 5.26 Å². The third kappa shape index (κ3) is 2.59. The standard InChI is InChI=1S/C9H7F3N2O/c1-5-6(2)8(15-9(10,11)12)4-14-7(5)3-13/h4H,1-2H3. The lowest BCUT2D eigenvalue weighted by Crippen LogP contribution is -2.18. The lowest BCUT2D eigenvalue weighted by Gasteiger charge is -2.12. The Hall–Kier alpha value is -1.77. The van der Waals surface area contributed by atoms with Gasteiger partial charge in [0.05, 0.1) is 6.20 Å². The molecule has 0 spiro atoms. The van der Waals surface area contributed by atoms with E-state index in [0.29, 0.717) is 5.56 Å². The number of halogens is 3. The Balaban J connectivity index is 3.14. The fraction of sp³-hybridized carbons (Fsp3) is 0.333. The van der Waals surface area contributed by atoms with Crippen molar-refractivity contribution in [2.24, 2.45) is 0 Å². The molecule has 0 aromatic carbocycles. The summed E-state index contributed by atoms with van der Waals surface area (Å²) in [7, 11) is 0. The zero-order valence-corrected chi connectivity index (χ0v) is 8.01. The third-order valence-electron chi connectivity index (χ3n) is 1.93. The van der Waals surface area contributed by atoms with E-state index in [1.54, 1.807) is 6.07 Å². The number of aromatic nitrogens is 1. The Morgan fingerprint density at radius 2 is 1.93 bits per heavy atom. The van der Waals surface area contributed by atoms with Gasteiger partial charge in [-0.25, -0.2) is 4.98 Å². The second-order valence-corrected chi connectivity index (χ2v) is 2.88. The second-order valence-electron chi connectivity index (χ2n) is 2.88. The largest absolute Gasteiger partial charge is 0.573 e. The van der Waals surface area contributed by atoms with Crippen LogP contribution in [0.1, 0.15) is 16.8 Å². The van der Waals surface area contributed by atoms with Crippen LogP contribution >= 0.6 is 0 Å². The van der Waals surface area contributed by atoms with Gasteiger partial charge in [0, 0.05) is 0 Å². The average molecular weight is 216 g/mol.